The molecule has 0 atom stereocenters. The molecule has 0 unspecified atom stereocenters. The fraction of sp³-hybridized carbons (Fsp3) is 0.544. The van der Waals surface area contributed by atoms with Crippen molar-refractivity contribution >= 4 is 23.2 Å². The lowest BCUT2D eigenvalue weighted by Gasteiger charge is -2.42. The van der Waals surface area contributed by atoms with Crippen molar-refractivity contribution in [2.24, 2.45) is 16.2 Å². The molecule has 0 aromatic heterocycles. The lowest BCUT2D eigenvalue weighted by molar-refractivity contribution is 0.0883. The molecule has 0 bridgehead atoms. The van der Waals surface area contributed by atoms with E-state index in [-0.39, 0.29) is 13.0 Å². The summed E-state index contributed by atoms with van der Waals surface area (Å²) >= 11 is 12.1. The first-order valence-corrected chi connectivity index (χ1v) is 24.2. The summed E-state index contributed by atoms with van der Waals surface area (Å²) < 4.78 is 10.5. The second kappa shape index (κ2) is 24.4. The maximum Gasteiger partial charge on any atom is 0.118 e. The SMILES string of the molecule is C.C=C(C)CC1(CCCc2ccc(Cl)cc2)CCN(Cc2ccc(OC)cc2)CC1.CC(C)(C)C.COc1ccc(CN2CCC3(CC2)CN(Cc2ccc(Cl)cc2)C(C)(C)C3)cc1. The second-order valence-electron chi connectivity index (χ2n) is 21.3. The fourth-order valence-corrected chi connectivity index (χ4v) is 10.2. The number of aryl methyl sites for hydroxylation is 1. The van der Waals surface area contributed by atoms with Crippen molar-refractivity contribution in [3.05, 3.63) is 142 Å². The lowest BCUT2D eigenvalue weighted by atomic mass is 9.70. The van der Waals surface area contributed by atoms with Gasteiger partial charge in [-0.2, -0.15) is 0 Å². The molecule has 1 spiro atoms. The van der Waals surface area contributed by atoms with Gasteiger partial charge in [0.05, 0.1) is 14.2 Å². The van der Waals surface area contributed by atoms with E-state index in [9.17, 15) is 0 Å². The molecule has 4 aromatic rings. The Morgan fingerprint density at radius 1 is 0.625 bits per heavy atom. The van der Waals surface area contributed by atoms with Crippen molar-refractivity contribution in [3.8, 4) is 11.5 Å². The van der Waals surface area contributed by atoms with Gasteiger partial charge in [-0.25, -0.2) is 0 Å². The molecule has 4 aromatic carbocycles. The van der Waals surface area contributed by atoms with Crippen molar-refractivity contribution in [2.45, 2.75) is 139 Å². The molecule has 3 aliphatic heterocycles. The molecular formula is C57H83Cl2N3O2. The third-order valence-electron chi connectivity index (χ3n) is 13.2. The van der Waals surface area contributed by atoms with Gasteiger partial charge in [0.15, 0.2) is 0 Å². The smallest absolute Gasteiger partial charge is 0.118 e. The zero-order chi connectivity index (χ0) is 45.7. The molecule has 0 N–H and O–H groups in total. The average molecular weight is 913 g/mol. The van der Waals surface area contributed by atoms with Crippen molar-refractivity contribution < 1.29 is 9.47 Å². The Morgan fingerprint density at radius 2 is 1.02 bits per heavy atom. The number of piperidine rings is 2. The van der Waals surface area contributed by atoms with Crippen LogP contribution in [-0.2, 0) is 26.1 Å². The van der Waals surface area contributed by atoms with E-state index in [4.69, 9.17) is 32.7 Å². The van der Waals surface area contributed by atoms with E-state index in [2.05, 4.69) is 143 Å². The first-order valence-electron chi connectivity index (χ1n) is 23.4. The number of rotatable bonds is 14. The standard InChI is InChI=1S/C26H34ClNO.C25H33ClN2O.C5H12.CH4/c1-21(2)19-26(14-4-5-22-6-10-24(27)11-7-22)15-17-28(18-16-26)20-23-8-12-25(29-3)13-9-23;1-24(2)18-25(19-28(24)17-21-4-8-22(26)9-5-21)12-14-27(15-13-25)16-20-6-10-23(29-3)11-7-20;1-5(2,3)4;/h6-13H,1,4-5,14-20H2,2-3H3;4-11H,12-19H2,1-3H3;1-4H3;1H4. The summed E-state index contributed by atoms with van der Waals surface area (Å²) in [5, 5.41) is 1.63. The largest absolute Gasteiger partial charge is 0.497 e. The van der Waals surface area contributed by atoms with Crippen LogP contribution in [0.5, 0.6) is 11.5 Å². The number of benzene rings is 4. The summed E-state index contributed by atoms with van der Waals surface area (Å²) in [6.45, 7) is 29.0. The monoisotopic (exact) mass is 912 g/mol. The summed E-state index contributed by atoms with van der Waals surface area (Å²) in [6, 6.07) is 33.6. The summed E-state index contributed by atoms with van der Waals surface area (Å²) in [4.78, 5) is 7.90. The molecule has 3 aliphatic rings. The molecule has 3 heterocycles. The Hall–Kier alpha value is -3.32. The van der Waals surface area contributed by atoms with E-state index >= 15 is 0 Å². The molecule has 3 fully saturated rings. The lowest BCUT2D eigenvalue weighted by Crippen LogP contribution is -2.41. The highest BCUT2D eigenvalue weighted by molar-refractivity contribution is 6.30. The van der Waals surface area contributed by atoms with Crippen LogP contribution in [0.2, 0.25) is 10.0 Å². The summed E-state index contributed by atoms with van der Waals surface area (Å²) in [5.74, 6) is 1.86. The van der Waals surface area contributed by atoms with Crippen molar-refractivity contribution in [2.75, 3.05) is 46.9 Å². The van der Waals surface area contributed by atoms with E-state index < -0.39 is 0 Å². The maximum atomic E-state index is 6.06. The van der Waals surface area contributed by atoms with Crippen LogP contribution in [-0.4, -0.2) is 67.2 Å². The van der Waals surface area contributed by atoms with Gasteiger partial charge in [-0.05, 0) is 192 Å². The first kappa shape index (κ1) is 53.3. The minimum Gasteiger partial charge on any atom is -0.497 e. The van der Waals surface area contributed by atoms with Gasteiger partial charge in [0.2, 0.25) is 0 Å². The van der Waals surface area contributed by atoms with Gasteiger partial charge >= 0.3 is 0 Å². The van der Waals surface area contributed by atoms with E-state index in [1.807, 2.05) is 24.3 Å². The van der Waals surface area contributed by atoms with Crippen LogP contribution in [0.15, 0.2) is 109 Å². The van der Waals surface area contributed by atoms with Gasteiger partial charge in [0, 0.05) is 41.8 Å². The first-order chi connectivity index (χ1) is 29.8. The van der Waals surface area contributed by atoms with Gasteiger partial charge < -0.3 is 9.47 Å². The van der Waals surface area contributed by atoms with Gasteiger partial charge in [-0.15, -0.1) is 6.58 Å². The molecule has 0 amide bonds. The van der Waals surface area contributed by atoms with Gasteiger partial charge in [-0.3, -0.25) is 14.7 Å². The highest BCUT2D eigenvalue weighted by atomic mass is 35.5. The zero-order valence-electron chi connectivity index (χ0n) is 40.4. The minimum atomic E-state index is 0. The molecule has 0 saturated carbocycles. The summed E-state index contributed by atoms with van der Waals surface area (Å²) in [7, 11) is 3.44. The van der Waals surface area contributed by atoms with E-state index in [0.29, 0.717) is 16.2 Å². The number of halogens is 2. The average Bonchev–Trinajstić information content (AvgIpc) is 3.49. The number of allylic oxidation sites excluding steroid dienone is 1. The Labute approximate surface area is 400 Å². The van der Waals surface area contributed by atoms with Crippen molar-refractivity contribution in [3.63, 3.8) is 0 Å². The topological polar surface area (TPSA) is 28.2 Å². The number of hydrogen-bond acceptors (Lipinski definition) is 5. The molecule has 352 valence electrons. The number of nitrogens with zero attached hydrogens (tertiary/aromatic N) is 3. The number of hydrogen-bond donors (Lipinski definition) is 0. The third kappa shape index (κ3) is 17.5. The van der Waals surface area contributed by atoms with E-state index in [0.717, 1.165) is 54.0 Å². The van der Waals surface area contributed by atoms with Gasteiger partial charge in [-0.1, -0.05) is 112 Å². The van der Waals surface area contributed by atoms with Gasteiger partial charge in [0.25, 0.3) is 0 Å². The van der Waals surface area contributed by atoms with Crippen molar-refractivity contribution in [1.82, 2.24) is 14.7 Å². The Morgan fingerprint density at radius 3 is 1.44 bits per heavy atom. The van der Waals surface area contributed by atoms with Crippen LogP contribution in [0.3, 0.4) is 0 Å². The molecule has 0 radical (unpaired) electrons. The number of likely N-dealkylation sites (tertiary alicyclic amines) is 3. The molecule has 7 heteroatoms. The third-order valence-corrected chi connectivity index (χ3v) is 13.7. The Kier molecular flexibility index (Phi) is 20.4. The van der Waals surface area contributed by atoms with Gasteiger partial charge in [0.1, 0.15) is 11.5 Å². The van der Waals surface area contributed by atoms with Crippen LogP contribution < -0.4 is 9.47 Å². The summed E-state index contributed by atoms with van der Waals surface area (Å²) in [6.07, 6.45) is 11.2. The van der Waals surface area contributed by atoms with Crippen molar-refractivity contribution in [1.29, 1.82) is 0 Å². The van der Waals surface area contributed by atoms with Crippen LogP contribution in [0.25, 0.3) is 0 Å². The number of methoxy groups -OCH3 is 2. The predicted molar refractivity (Wildman–Crippen MR) is 276 cm³/mol. The Bertz CT molecular complexity index is 1950. The van der Waals surface area contributed by atoms with E-state index in [1.165, 1.54) is 105 Å². The Balaban J connectivity index is 0.000000250. The molecule has 3 saturated heterocycles. The molecule has 0 aliphatic carbocycles. The van der Waals surface area contributed by atoms with Crippen LogP contribution >= 0.6 is 23.2 Å². The highest BCUT2D eigenvalue weighted by Gasteiger charge is 2.49. The van der Waals surface area contributed by atoms with Crippen LogP contribution in [0, 0.1) is 16.2 Å². The van der Waals surface area contributed by atoms with E-state index in [1.54, 1.807) is 14.2 Å². The minimum absolute atomic E-state index is 0. The maximum absolute atomic E-state index is 6.06. The molecule has 64 heavy (non-hydrogen) atoms. The van der Waals surface area contributed by atoms with Crippen LogP contribution in [0.4, 0.5) is 0 Å². The predicted octanol–water partition coefficient (Wildman–Crippen LogP) is 15.2. The summed E-state index contributed by atoms with van der Waals surface area (Å²) in [5.41, 5.74) is 8.42. The van der Waals surface area contributed by atoms with Crippen LogP contribution in [0.1, 0.15) is 130 Å². The number of ether oxygens (including phenoxy) is 2. The normalized spacial score (nSPS) is 18.2. The highest BCUT2D eigenvalue weighted by Crippen LogP contribution is 2.48. The quantitative estimate of drug-likeness (QED) is 0.118. The second-order valence-corrected chi connectivity index (χ2v) is 22.2. The fourth-order valence-electron chi connectivity index (χ4n) is 9.94. The zero-order valence-corrected chi connectivity index (χ0v) is 41.9. The molecular weight excluding hydrogens is 830 g/mol. The molecule has 5 nitrogen and oxygen atoms in total. The molecule has 7 rings (SSSR count).